The molecule has 0 radical (unpaired) electrons. The summed E-state index contributed by atoms with van der Waals surface area (Å²) in [6, 6.07) is 13.2. The Balaban J connectivity index is 1.33. The van der Waals surface area contributed by atoms with Gasteiger partial charge in [-0.3, -0.25) is 0 Å². The average Bonchev–Trinajstić information content (AvgIpc) is 3.16. The summed E-state index contributed by atoms with van der Waals surface area (Å²) in [7, 11) is 1.62. The molecular formula is C19H21N3O4. The van der Waals surface area contributed by atoms with Crippen molar-refractivity contribution in [2.45, 2.75) is 0 Å². The zero-order valence-corrected chi connectivity index (χ0v) is 14.6. The van der Waals surface area contributed by atoms with Gasteiger partial charge in [0, 0.05) is 43.6 Å². The molecule has 0 aromatic heterocycles. The van der Waals surface area contributed by atoms with Crippen LogP contribution in [0.15, 0.2) is 42.5 Å². The van der Waals surface area contributed by atoms with Gasteiger partial charge in [0.05, 0.1) is 7.11 Å². The molecule has 2 aromatic rings. The second-order valence-corrected chi connectivity index (χ2v) is 6.17. The van der Waals surface area contributed by atoms with Gasteiger partial charge < -0.3 is 29.3 Å². The minimum atomic E-state index is -0.0829. The van der Waals surface area contributed by atoms with Gasteiger partial charge in [-0.1, -0.05) is 0 Å². The molecule has 2 aliphatic rings. The number of rotatable bonds is 3. The first-order valence-electron chi connectivity index (χ1n) is 8.57. The molecule has 2 aromatic carbocycles. The lowest BCUT2D eigenvalue weighted by Gasteiger charge is -2.36. The molecule has 2 aliphatic heterocycles. The summed E-state index contributed by atoms with van der Waals surface area (Å²) >= 11 is 0. The molecule has 0 bridgehead atoms. The number of benzene rings is 2. The summed E-state index contributed by atoms with van der Waals surface area (Å²) in [5.41, 5.74) is 1.85. The molecule has 0 aliphatic carbocycles. The highest BCUT2D eigenvalue weighted by atomic mass is 16.7. The number of ether oxygens (including phenoxy) is 3. The van der Waals surface area contributed by atoms with Crippen LogP contribution in [-0.4, -0.2) is 51.0 Å². The van der Waals surface area contributed by atoms with Gasteiger partial charge in [0.25, 0.3) is 0 Å². The number of anilines is 2. The van der Waals surface area contributed by atoms with Crippen molar-refractivity contribution in [2.75, 3.05) is 50.3 Å². The van der Waals surface area contributed by atoms with Crippen molar-refractivity contribution in [1.82, 2.24) is 4.90 Å². The van der Waals surface area contributed by atoms with Crippen LogP contribution >= 0.6 is 0 Å². The number of piperazine rings is 1. The van der Waals surface area contributed by atoms with Crippen LogP contribution in [0.25, 0.3) is 0 Å². The number of hydrogen-bond donors (Lipinski definition) is 1. The number of methoxy groups -OCH3 is 1. The topological polar surface area (TPSA) is 63.3 Å². The Kier molecular flexibility index (Phi) is 4.43. The lowest BCUT2D eigenvalue weighted by atomic mass is 10.2. The number of fused-ring (bicyclic) bond motifs is 1. The van der Waals surface area contributed by atoms with E-state index < -0.39 is 0 Å². The van der Waals surface area contributed by atoms with Crippen LogP contribution in [0.1, 0.15) is 0 Å². The highest BCUT2D eigenvalue weighted by Gasteiger charge is 2.23. The van der Waals surface area contributed by atoms with E-state index >= 15 is 0 Å². The van der Waals surface area contributed by atoms with Gasteiger partial charge in [0.1, 0.15) is 5.75 Å². The summed E-state index contributed by atoms with van der Waals surface area (Å²) in [5, 5.41) is 2.93. The molecule has 7 nitrogen and oxygen atoms in total. The maximum atomic E-state index is 12.4. The summed E-state index contributed by atoms with van der Waals surface area (Å²) < 4.78 is 15.9. The third-order valence-corrected chi connectivity index (χ3v) is 4.63. The molecule has 7 heteroatoms. The monoisotopic (exact) mass is 355 g/mol. The average molecular weight is 355 g/mol. The first kappa shape index (κ1) is 16.4. The minimum absolute atomic E-state index is 0.0829. The van der Waals surface area contributed by atoms with Crippen molar-refractivity contribution in [3.05, 3.63) is 42.5 Å². The first-order valence-corrected chi connectivity index (χ1v) is 8.57. The lowest BCUT2D eigenvalue weighted by Crippen LogP contribution is -2.50. The molecule has 1 fully saturated rings. The first-order chi connectivity index (χ1) is 12.7. The summed E-state index contributed by atoms with van der Waals surface area (Å²) in [5.74, 6) is 2.33. The van der Waals surface area contributed by atoms with Gasteiger partial charge in [-0.25, -0.2) is 4.79 Å². The van der Waals surface area contributed by atoms with Crippen LogP contribution in [-0.2, 0) is 0 Å². The molecule has 26 heavy (non-hydrogen) atoms. The van der Waals surface area contributed by atoms with Crippen molar-refractivity contribution >= 4 is 17.4 Å². The Labute approximate surface area is 152 Å². The Morgan fingerprint density at radius 2 is 1.73 bits per heavy atom. The third kappa shape index (κ3) is 3.33. The fourth-order valence-electron chi connectivity index (χ4n) is 3.13. The van der Waals surface area contributed by atoms with E-state index in [1.54, 1.807) is 7.11 Å². The van der Waals surface area contributed by atoms with Crippen LogP contribution in [0.2, 0.25) is 0 Å². The number of carbonyl (C=O) groups is 1. The zero-order valence-electron chi connectivity index (χ0n) is 14.6. The van der Waals surface area contributed by atoms with Gasteiger partial charge >= 0.3 is 6.03 Å². The summed E-state index contributed by atoms with van der Waals surface area (Å²) in [4.78, 5) is 16.5. The van der Waals surface area contributed by atoms with E-state index in [1.807, 2.05) is 47.4 Å². The van der Waals surface area contributed by atoms with Gasteiger partial charge in [-0.15, -0.1) is 0 Å². The number of nitrogens with zero attached hydrogens (tertiary/aromatic N) is 2. The van der Waals surface area contributed by atoms with Crippen molar-refractivity contribution in [3.8, 4) is 17.2 Å². The second-order valence-electron chi connectivity index (χ2n) is 6.17. The molecule has 2 heterocycles. The molecule has 136 valence electrons. The van der Waals surface area contributed by atoms with Crippen molar-refractivity contribution in [2.24, 2.45) is 0 Å². The van der Waals surface area contributed by atoms with Crippen LogP contribution in [0, 0.1) is 0 Å². The van der Waals surface area contributed by atoms with E-state index in [1.165, 1.54) is 0 Å². The fourth-order valence-corrected chi connectivity index (χ4v) is 3.13. The number of nitrogens with one attached hydrogen (secondary N) is 1. The van der Waals surface area contributed by atoms with Gasteiger partial charge in [-0.2, -0.15) is 0 Å². The van der Waals surface area contributed by atoms with E-state index in [0.717, 1.165) is 41.7 Å². The standard InChI is InChI=1S/C19H21N3O4/c1-24-16-5-2-14(3-6-16)20-19(23)22-10-8-21(9-11-22)15-4-7-17-18(12-15)26-13-25-17/h2-7,12H,8-11,13H2,1H3,(H,20,23). The van der Waals surface area contributed by atoms with Gasteiger partial charge in [-0.05, 0) is 36.4 Å². The number of amides is 2. The quantitative estimate of drug-likeness (QED) is 0.917. The Morgan fingerprint density at radius 3 is 2.46 bits per heavy atom. The largest absolute Gasteiger partial charge is 0.497 e. The summed E-state index contributed by atoms with van der Waals surface area (Å²) in [6.45, 7) is 3.15. The highest BCUT2D eigenvalue weighted by Crippen LogP contribution is 2.35. The molecule has 0 spiro atoms. The molecule has 0 unspecified atom stereocenters. The molecule has 0 saturated carbocycles. The Hall–Kier alpha value is -3.09. The Bertz CT molecular complexity index is 786. The van der Waals surface area contributed by atoms with E-state index in [2.05, 4.69) is 10.2 Å². The van der Waals surface area contributed by atoms with Crippen LogP contribution in [0.4, 0.5) is 16.2 Å². The van der Waals surface area contributed by atoms with Crippen molar-refractivity contribution in [3.63, 3.8) is 0 Å². The normalized spacial score (nSPS) is 15.7. The SMILES string of the molecule is COc1ccc(NC(=O)N2CCN(c3ccc4c(c3)OCO4)CC2)cc1. The number of hydrogen-bond acceptors (Lipinski definition) is 5. The fraction of sp³-hybridized carbons (Fsp3) is 0.316. The van der Waals surface area contributed by atoms with Crippen LogP contribution < -0.4 is 24.4 Å². The smallest absolute Gasteiger partial charge is 0.321 e. The van der Waals surface area contributed by atoms with E-state index in [4.69, 9.17) is 14.2 Å². The van der Waals surface area contributed by atoms with Crippen LogP contribution in [0.5, 0.6) is 17.2 Å². The molecule has 2 amide bonds. The second kappa shape index (κ2) is 7.03. The maximum absolute atomic E-state index is 12.4. The lowest BCUT2D eigenvalue weighted by molar-refractivity contribution is 0.174. The Morgan fingerprint density at radius 1 is 1.00 bits per heavy atom. The molecule has 1 saturated heterocycles. The zero-order chi connectivity index (χ0) is 17.9. The van der Waals surface area contributed by atoms with Crippen LogP contribution in [0.3, 0.4) is 0 Å². The predicted octanol–water partition coefficient (Wildman–Crippen LogP) is 2.78. The predicted molar refractivity (Wildman–Crippen MR) is 98.4 cm³/mol. The molecular weight excluding hydrogens is 334 g/mol. The third-order valence-electron chi connectivity index (χ3n) is 4.63. The number of carbonyl (C=O) groups excluding carboxylic acids is 1. The summed E-state index contributed by atoms with van der Waals surface area (Å²) in [6.07, 6.45) is 0. The van der Waals surface area contributed by atoms with E-state index in [0.29, 0.717) is 13.1 Å². The maximum Gasteiger partial charge on any atom is 0.321 e. The van der Waals surface area contributed by atoms with Crippen molar-refractivity contribution < 1.29 is 19.0 Å². The highest BCUT2D eigenvalue weighted by molar-refractivity contribution is 5.89. The van der Waals surface area contributed by atoms with E-state index in [9.17, 15) is 4.79 Å². The van der Waals surface area contributed by atoms with E-state index in [-0.39, 0.29) is 12.8 Å². The number of urea groups is 1. The molecule has 1 N–H and O–H groups in total. The molecule has 4 rings (SSSR count). The van der Waals surface area contributed by atoms with Gasteiger partial charge in [0.2, 0.25) is 6.79 Å². The minimum Gasteiger partial charge on any atom is -0.497 e. The van der Waals surface area contributed by atoms with Gasteiger partial charge in [0.15, 0.2) is 11.5 Å². The molecule has 0 atom stereocenters. The van der Waals surface area contributed by atoms with Crippen molar-refractivity contribution in [1.29, 1.82) is 0 Å².